The van der Waals surface area contributed by atoms with E-state index in [1.165, 1.54) is 0 Å². The Kier molecular flexibility index (Phi) is 3.95. The van der Waals surface area contributed by atoms with Crippen LogP contribution in [0.2, 0.25) is 0 Å². The van der Waals surface area contributed by atoms with E-state index in [1.807, 2.05) is 36.4 Å². The number of hydrogen-bond acceptors (Lipinski definition) is 3. The third kappa shape index (κ3) is 2.68. The van der Waals surface area contributed by atoms with Crippen molar-refractivity contribution >= 4 is 17.1 Å². The molecule has 18 heavy (non-hydrogen) atoms. The number of benzene rings is 2. The molecule has 1 atom stereocenters. The Balaban J connectivity index is 2.43. The number of aliphatic hydroxyl groups is 1. The van der Waals surface area contributed by atoms with E-state index in [4.69, 9.17) is 4.74 Å². The number of aliphatic hydroxyl groups excluding tert-OH is 1. The molecule has 2 rings (SSSR count). The van der Waals surface area contributed by atoms with Crippen molar-refractivity contribution in [3.05, 3.63) is 42.0 Å². The summed E-state index contributed by atoms with van der Waals surface area (Å²) in [5.74, 6) is 0.737. The van der Waals surface area contributed by atoms with Crippen molar-refractivity contribution in [1.82, 2.24) is 0 Å². The van der Waals surface area contributed by atoms with Gasteiger partial charge in [-0.3, -0.25) is 0 Å². The van der Waals surface area contributed by atoms with Gasteiger partial charge in [-0.25, -0.2) is 0 Å². The van der Waals surface area contributed by atoms with Crippen LogP contribution in [-0.4, -0.2) is 24.1 Å². The van der Waals surface area contributed by atoms with Crippen LogP contribution in [-0.2, 0) is 11.2 Å². The lowest BCUT2D eigenvalue weighted by atomic mass is 10.0. The summed E-state index contributed by atoms with van der Waals surface area (Å²) in [5.41, 5.74) is 0.991. The fourth-order valence-corrected chi connectivity index (χ4v) is 1.94. The van der Waals surface area contributed by atoms with E-state index in [0.717, 1.165) is 28.4 Å². The minimum Gasteiger partial charge on any atom is -0.490 e. The molecule has 1 unspecified atom stereocenters. The van der Waals surface area contributed by atoms with Crippen LogP contribution >= 0.6 is 0 Å². The minimum absolute atomic E-state index is 0.261. The SMILES string of the molecule is CC(O)COc1ccc(CC=O)c2ccccc12. The van der Waals surface area contributed by atoms with Gasteiger partial charge in [-0.15, -0.1) is 0 Å². The molecule has 94 valence electrons. The van der Waals surface area contributed by atoms with Crippen molar-refractivity contribution in [3.63, 3.8) is 0 Å². The normalized spacial score (nSPS) is 12.3. The summed E-state index contributed by atoms with van der Waals surface area (Å²) in [5, 5.41) is 11.2. The van der Waals surface area contributed by atoms with E-state index >= 15 is 0 Å². The molecule has 1 N–H and O–H groups in total. The van der Waals surface area contributed by atoms with Crippen molar-refractivity contribution in [1.29, 1.82) is 0 Å². The zero-order chi connectivity index (χ0) is 13.0. The topological polar surface area (TPSA) is 46.5 Å². The molecule has 0 spiro atoms. The minimum atomic E-state index is -0.501. The van der Waals surface area contributed by atoms with Crippen molar-refractivity contribution in [3.8, 4) is 5.75 Å². The first-order valence-corrected chi connectivity index (χ1v) is 5.97. The maximum atomic E-state index is 10.7. The van der Waals surface area contributed by atoms with Gasteiger partial charge in [-0.2, -0.15) is 0 Å². The molecule has 0 fully saturated rings. The highest BCUT2D eigenvalue weighted by Crippen LogP contribution is 2.28. The Hall–Kier alpha value is -1.87. The first-order valence-electron chi connectivity index (χ1n) is 5.97. The van der Waals surface area contributed by atoms with Gasteiger partial charge in [0.15, 0.2) is 0 Å². The molecular formula is C15H16O3. The lowest BCUT2D eigenvalue weighted by molar-refractivity contribution is -0.107. The molecule has 0 aromatic heterocycles. The molecule has 3 heteroatoms. The van der Waals surface area contributed by atoms with Crippen molar-refractivity contribution in [2.75, 3.05) is 6.61 Å². The third-order valence-electron chi connectivity index (χ3n) is 2.76. The van der Waals surface area contributed by atoms with Crippen LogP contribution in [0.15, 0.2) is 36.4 Å². The van der Waals surface area contributed by atoms with Crippen LogP contribution in [0, 0.1) is 0 Å². The molecule has 2 aromatic carbocycles. The summed E-state index contributed by atoms with van der Waals surface area (Å²) in [7, 11) is 0. The van der Waals surface area contributed by atoms with E-state index in [9.17, 15) is 9.90 Å². The van der Waals surface area contributed by atoms with Crippen molar-refractivity contribution in [2.45, 2.75) is 19.4 Å². The molecule has 0 aliphatic heterocycles. The second-order valence-corrected chi connectivity index (χ2v) is 4.30. The Labute approximate surface area is 106 Å². The quantitative estimate of drug-likeness (QED) is 0.821. The molecule has 0 heterocycles. The van der Waals surface area contributed by atoms with Crippen LogP contribution in [0.1, 0.15) is 12.5 Å². The van der Waals surface area contributed by atoms with E-state index in [0.29, 0.717) is 6.42 Å². The van der Waals surface area contributed by atoms with Gasteiger partial charge in [0.25, 0.3) is 0 Å². The highest BCUT2D eigenvalue weighted by Gasteiger charge is 2.07. The Morgan fingerprint density at radius 2 is 1.94 bits per heavy atom. The zero-order valence-corrected chi connectivity index (χ0v) is 10.3. The molecule has 0 aliphatic rings. The van der Waals surface area contributed by atoms with Gasteiger partial charge in [0.1, 0.15) is 18.6 Å². The number of carbonyl (C=O) groups excluding carboxylic acids is 1. The summed E-state index contributed by atoms with van der Waals surface area (Å²) in [6.07, 6.45) is 0.799. The lowest BCUT2D eigenvalue weighted by Crippen LogP contribution is -2.13. The molecule has 0 radical (unpaired) electrons. The van der Waals surface area contributed by atoms with E-state index < -0.39 is 6.10 Å². The van der Waals surface area contributed by atoms with E-state index in [1.54, 1.807) is 6.92 Å². The maximum absolute atomic E-state index is 10.7. The van der Waals surface area contributed by atoms with Gasteiger partial charge in [0.2, 0.25) is 0 Å². The van der Waals surface area contributed by atoms with Crippen LogP contribution in [0.4, 0.5) is 0 Å². The van der Waals surface area contributed by atoms with E-state index in [2.05, 4.69) is 0 Å². The van der Waals surface area contributed by atoms with Crippen LogP contribution < -0.4 is 4.74 Å². The van der Waals surface area contributed by atoms with Gasteiger partial charge >= 0.3 is 0 Å². The fraction of sp³-hybridized carbons (Fsp3) is 0.267. The highest BCUT2D eigenvalue weighted by atomic mass is 16.5. The Bertz CT molecular complexity index is 546. The van der Waals surface area contributed by atoms with Gasteiger partial charge in [-0.05, 0) is 23.9 Å². The molecule has 0 aliphatic carbocycles. The molecule has 2 aromatic rings. The fourth-order valence-electron chi connectivity index (χ4n) is 1.94. The van der Waals surface area contributed by atoms with E-state index in [-0.39, 0.29) is 6.61 Å². The summed E-state index contributed by atoms with van der Waals surface area (Å²) >= 11 is 0. The molecule has 0 saturated carbocycles. The predicted octanol–water partition coefficient (Wildman–Crippen LogP) is 2.34. The highest BCUT2D eigenvalue weighted by molar-refractivity contribution is 5.92. The Morgan fingerprint density at radius 1 is 1.22 bits per heavy atom. The van der Waals surface area contributed by atoms with Gasteiger partial charge in [0.05, 0.1) is 6.10 Å². The van der Waals surface area contributed by atoms with Gasteiger partial charge in [-0.1, -0.05) is 30.3 Å². The molecule has 0 saturated heterocycles. The molecular weight excluding hydrogens is 228 g/mol. The lowest BCUT2D eigenvalue weighted by Gasteiger charge is -2.12. The molecule has 0 bridgehead atoms. The van der Waals surface area contributed by atoms with Crippen molar-refractivity contribution < 1.29 is 14.6 Å². The summed E-state index contributed by atoms with van der Waals surface area (Å²) in [6, 6.07) is 11.6. The first-order chi connectivity index (χ1) is 8.72. The number of hydrogen-bond donors (Lipinski definition) is 1. The number of rotatable bonds is 5. The number of carbonyl (C=O) groups is 1. The standard InChI is InChI=1S/C15H16O3/c1-11(17)10-18-15-7-6-12(8-9-16)13-4-2-3-5-14(13)15/h2-7,9,11,17H,8,10H2,1H3. The maximum Gasteiger partial charge on any atom is 0.127 e. The predicted molar refractivity (Wildman–Crippen MR) is 70.9 cm³/mol. The summed E-state index contributed by atoms with van der Waals surface area (Å²) in [6.45, 7) is 1.94. The number of fused-ring (bicyclic) bond motifs is 1. The second kappa shape index (κ2) is 5.65. The van der Waals surface area contributed by atoms with Gasteiger partial charge in [0, 0.05) is 11.8 Å². The monoisotopic (exact) mass is 244 g/mol. The molecule has 3 nitrogen and oxygen atoms in total. The number of ether oxygens (including phenoxy) is 1. The smallest absolute Gasteiger partial charge is 0.127 e. The van der Waals surface area contributed by atoms with Crippen LogP contribution in [0.5, 0.6) is 5.75 Å². The zero-order valence-electron chi connectivity index (χ0n) is 10.3. The van der Waals surface area contributed by atoms with Crippen LogP contribution in [0.3, 0.4) is 0 Å². The average Bonchev–Trinajstić information content (AvgIpc) is 2.38. The largest absolute Gasteiger partial charge is 0.490 e. The second-order valence-electron chi connectivity index (χ2n) is 4.30. The number of aldehydes is 1. The van der Waals surface area contributed by atoms with Gasteiger partial charge < -0.3 is 14.6 Å². The third-order valence-corrected chi connectivity index (χ3v) is 2.76. The Morgan fingerprint density at radius 3 is 2.61 bits per heavy atom. The molecule has 0 amide bonds. The average molecular weight is 244 g/mol. The van der Waals surface area contributed by atoms with Crippen LogP contribution in [0.25, 0.3) is 10.8 Å². The summed E-state index contributed by atoms with van der Waals surface area (Å²) in [4.78, 5) is 10.7. The first kappa shape index (κ1) is 12.6. The summed E-state index contributed by atoms with van der Waals surface area (Å²) < 4.78 is 5.58. The van der Waals surface area contributed by atoms with Crippen molar-refractivity contribution in [2.24, 2.45) is 0 Å².